The van der Waals surface area contributed by atoms with E-state index in [0.29, 0.717) is 13.2 Å². The minimum atomic E-state index is -0.328. The van der Waals surface area contributed by atoms with Gasteiger partial charge in [0.25, 0.3) is 5.91 Å². The van der Waals surface area contributed by atoms with Crippen LogP contribution in [-0.2, 0) is 16.0 Å². The molecule has 0 bridgehead atoms. The smallest absolute Gasteiger partial charge is 0.253 e. The lowest BCUT2D eigenvalue weighted by Gasteiger charge is -2.38. The van der Waals surface area contributed by atoms with Gasteiger partial charge < -0.3 is 24.4 Å². The van der Waals surface area contributed by atoms with Gasteiger partial charge in [-0.05, 0) is 49.8 Å². The average molecular weight is 362 g/mol. The highest BCUT2D eigenvalue weighted by Gasteiger charge is 2.32. The van der Waals surface area contributed by atoms with E-state index in [4.69, 9.17) is 14.2 Å². The Morgan fingerprint density at radius 3 is 2.85 bits per heavy atom. The maximum atomic E-state index is 12.9. The first kappa shape index (κ1) is 19.0. The number of aryl methyl sites for hydroxylation is 1. The Morgan fingerprint density at radius 1 is 1.27 bits per heavy atom. The van der Waals surface area contributed by atoms with Gasteiger partial charge >= 0.3 is 0 Å². The second-order valence-electron chi connectivity index (χ2n) is 6.97. The Balaban J connectivity index is 1.62. The molecular formula is C20H30N2O4. The molecule has 2 saturated heterocycles. The first-order valence-corrected chi connectivity index (χ1v) is 9.56. The van der Waals surface area contributed by atoms with Crippen molar-refractivity contribution in [3.63, 3.8) is 0 Å². The SMILES string of the molecule is COc1ccc(CC[C@H]2CCCCN2C(=O)[C@@H]2CNCCO2)cc1OC. The zero-order chi connectivity index (χ0) is 18.4. The third kappa shape index (κ3) is 4.48. The van der Waals surface area contributed by atoms with E-state index in [0.717, 1.165) is 50.3 Å². The average Bonchev–Trinajstić information content (AvgIpc) is 2.72. The first-order valence-electron chi connectivity index (χ1n) is 9.56. The number of morpholine rings is 1. The number of methoxy groups -OCH3 is 2. The van der Waals surface area contributed by atoms with Crippen LogP contribution in [0, 0.1) is 0 Å². The zero-order valence-electron chi connectivity index (χ0n) is 15.8. The van der Waals surface area contributed by atoms with Gasteiger partial charge in [0, 0.05) is 25.7 Å². The van der Waals surface area contributed by atoms with E-state index >= 15 is 0 Å². The monoisotopic (exact) mass is 362 g/mol. The fraction of sp³-hybridized carbons (Fsp3) is 0.650. The molecule has 2 aliphatic heterocycles. The number of likely N-dealkylation sites (tertiary alicyclic amines) is 1. The summed E-state index contributed by atoms with van der Waals surface area (Å²) in [6.45, 7) is 2.90. The van der Waals surface area contributed by atoms with E-state index in [-0.39, 0.29) is 18.1 Å². The molecule has 26 heavy (non-hydrogen) atoms. The number of hydrogen-bond acceptors (Lipinski definition) is 5. The number of nitrogens with one attached hydrogen (secondary N) is 1. The minimum absolute atomic E-state index is 0.147. The third-order valence-corrected chi connectivity index (χ3v) is 5.33. The number of carbonyl (C=O) groups excluding carboxylic acids is 1. The summed E-state index contributed by atoms with van der Waals surface area (Å²) in [4.78, 5) is 14.9. The van der Waals surface area contributed by atoms with Crippen molar-refractivity contribution >= 4 is 5.91 Å². The molecule has 1 aromatic rings. The fourth-order valence-corrected chi connectivity index (χ4v) is 3.87. The van der Waals surface area contributed by atoms with Crippen molar-refractivity contribution in [3.8, 4) is 11.5 Å². The number of benzene rings is 1. The number of carbonyl (C=O) groups is 1. The lowest BCUT2D eigenvalue weighted by Crippen LogP contribution is -2.53. The van der Waals surface area contributed by atoms with Crippen molar-refractivity contribution in [2.75, 3.05) is 40.5 Å². The maximum Gasteiger partial charge on any atom is 0.253 e. The standard InChI is InChI=1S/C20H30N2O4/c1-24-17-9-7-15(13-18(17)25-2)6-8-16-5-3-4-11-22(16)20(23)19-14-21-10-12-26-19/h7,9,13,16,19,21H,3-6,8,10-12,14H2,1-2H3/t16-,19+/m1/s1. The molecule has 2 aliphatic rings. The predicted octanol–water partition coefficient (Wildman–Crippen LogP) is 2.01. The second kappa shape index (κ2) is 9.24. The van der Waals surface area contributed by atoms with Crippen molar-refractivity contribution in [2.24, 2.45) is 0 Å². The van der Waals surface area contributed by atoms with Gasteiger partial charge in [0.2, 0.25) is 0 Å². The highest BCUT2D eigenvalue weighted by Crippen LogP contribution is 2.29. The fourth-order valence-electron chi connectivity index (χ4n) is 3.87. The molecule has 144 valence electrons. The van der Waals surface area contributed by atoms with Crippen molar-refractivity contribution in [2.45, 2.75) is 44.2 Å². The van der Waals surface area contributed by atoms with Crippen LogP contribution in [-0.4, -0.2) is 63.4 Å². The van der Waals surface area contributed by atoms with Crippen LogP contribution in [0.4, 0.5) is 0 Å². The largest absolute Gasteiger partial charge is 0.493 e. The van der Waals surface area contributed by atoms with Gasteiger partial charge in [0.15, 0.2) is 11.5 Å². The molecule has 0 aromatic heterocycles. The van der Waals surface area contributed by atoms with E-state index in [1.54, 1.807) is 14.2 Å². The number of amides is 1. The maximum absolute atomic E-state index is 12.9. The molecular weight excluding hydrogens is 332 g/mol. The minimum Gasteiger partial charge on any atom is -0.493 e. The summed E-state index contributed by atoms with van der Waals surface area (Å²) >= 11 is 0. The first-order chi connectivity index (χ1) is 12.7. The Hall–Kier alpha value is -1.79. The summed E-state index contributed by atoms with van der Waals surface area (Å²) in [5.74, 6) is 1.64. The molecule has 6 nitrogen and oxygen atoms in total. The zero-order valence-corrected chi connectivity index (χ0v) is 15.8. The molecule has 3 rings (SSSR count). The van der Waals surface area contributed by atoms with Crippen LogP contribution in [0.2, 0.25) is 0 Å². The number of nitrogens with zero attached hydrogens (tertiary/aromatic N) is 1. The number of piperidine rings is 1. The van der Waals surface area contributed by atoms with Gasteiger partial charge in [-0.2, -0.15) is 0 Å². The molecule has 1 N–H and O–H groups in total. The van der Waals surface area contributed by atoms with Crippen LogP contribution in [0.25, 0.3) is 0 Å². The predicted molar refractivity (Wildman–Crippen MR) is 99.8 cm³/mol. The number of rotatable bonds is 6. The Morgan fingerprint density at radius 2 is 2.12 bits per heavy atom. The highest BCUT2D eigenvalue weighted by molar-refractivity contribution is 5.81. The van der Waals surface area contributed by atoms with Crippen LogP contribution >= 0.6 is 0 Å². The van der Waals surface area contributed by atoms with E-state index in [1.165, 1.54) is 12.0 Å². The van der Waals surface area contributed by atoms with Crippen molar-refractivity contribution < 1.29 is 19.0 Å². The van der Waals surface area contributed by atoms with Gasteiger partial charge in [-0.1, -0.05) is 6.07 Å². The molecule has 2 atom stereocenters. The molecule has 0 spiro atoms. The van der Waals surface area contributed by atoms with Crippen LogP contribution in [0.15, 0.2) is 18.2 Å². The van der Waals surface area contributed by atoms with Crippen LogP contribution in [0.3, 0.4) is 0 Å². The van der Waals surface area contributed by atoms with E-state index in [2.05, 4.69) is 16.3 Å². The molecule has 0 unspecified atom stereocenters. The highest BCUT2D eigenvalue weighted by atomic mass is 16.5. The lowest BCUT2D eigenvalue weighted by molar-refractivity contribution is -0.149. The molecule has 0 radical (unpaired) electrons. The molecule has 0 aliphatic carbocycles. The summed E-state index contributed by atoms with van der Waals surface area (Å²) in [7, 11) is 3.30. The van der Waals surface area contributed by atoms with Crippen LogP contribution in [0.1, 0.15) is 31.2 Å². The van der Waals surface area contributed by atoms with Crippen LogP contribution < -0.4 is 14.8 Å². The van der Waals surface area contributed by atoms with Crippen molar-refractivity contribution in [1.82, 2.24) is 10.2 Å². The van der Waals surface area contributed by atoms with Gasteiger partial charge in [-0.3, -0.25) is 4.79 Å². The van der Waals surface area contributed by atoms with E-state index in [9.17, 15) is 4.79 Å². The van der Waals surface area contributed by atoms with E-state index < -0.39 is 0 Å². The molecule has 6 heteroatoms. The summed E-state index contributed by atoms with van der Waals surface area (Å²) in [5, 5.41) is 3.25. The van der Waals surface area contributed by atoms with E-state index in [1.807, 2.05) is 12.1 Å². The molecule has 0 saturated carbocycles. The van der Waals surface area contributed by atoms with Gasteiger partial charge in [-0.25, -0.2) is 0 Å². The number of hydrogen-bond donors (Lipinski definition) is 1. The topological polar surface area (TPSA) is 60.0 Å². The lowest BCUT2D eigenvalue weighted by atomic mass is 9.95. The summed E-state index contributed by atoms with van der Waals surface area (Å²) in [6.07, 6.45) is 4.88. The van der Waals surface area contributed by atoms with Crippen molar-refractivity contribution in [1.29, 1.82) is 0 Å². The Bertz CT molecular complexity index is 601. The van der Waals surface area contributed by atoms with Gasteiger partial charge in [-0.15, -0.1) is 0 Å². The van der Waals surface area contributed by atoms with Crippen molar-refractivity contribution in [3.05, 3.63) is 23.8 Å². The quantitative estimate of drug-likeness (QED) is 0.839. The normalized spacial score (nSPS) is 23.5. The molecule has 1 amide bonds. The number of ether oxygens (including phenoxy) is 3. The summed E-state index contributed by atoms with van der Waals surface area (Å²) < 4.78 is 16.4. The third-order valence-electron chi connectivity index (χ3n) is 5.33. The molecule has 2 fully saturated rings. The van der Waals surface area contributed by atoms with Gasteiger partial charge in [0.05, 0.1) is 20.8 Å². The molecule has 2 heterocycles. The molecule has 1 aromatic carbocycles. The Kier molecular flexibility index (Phi) is 6.74. The second-order valence-corrected chi connectivity index (χ2v) is 6.97. The summed E-state index contributed by atoms with van der Waals surface area (Å²) in [5.41, 5.74) is 1.20. The summed E-state index contributed by atoms with van der Waals surface area (Å²) in [6, 6.07) is 6.33. The van der Waals surface area contributed by atoms with Crippen LogP contribution in [0.5, 0.6) is 11.5 Å². The Labute approximate surface area is 155 Å². The van der Waals surface area contributed by atoms with Gasteiger partial charge in [0.1, 0.15) is 6.10 Å².